The third-order valence-corrected chi connectivity index (χ3v) is 6.85. The number of rotatable bonds is 7. The molecule has 0 aromatic heterocycles. The van der Waals surface area contributed by atoms with Crippen LogP contribution in [0.25, 0.3) is 0 Å². The first-order valence-corrected chi connectivity index (χ1v) is 9.96. The third-order valence-electron chi connectivity index (χ3n) is 3.19. The summed E-state index contributed by atoms with van der Waals surface area (Å²) < 4.78 is 12.3. The standard InChI is InChI=1S/C14H21BrClO2Si/c1-14(2,19(3)4)10-17-7-8-18-13-9-11(15)5-6-12(13)16/h5-6,9H,7-8,10H2,1-4H3. The van der Waals surface area contributed by atoms with Crippen molar-refractivity contribution in [3.8, 4) is 5.75 Å². The Morgan fingerprint density at radius 2 is 1.95 bits per heavy atom. The molecule has 0 aliphatic heterocycles. The van der Waals surface area contributed by atoms with Gasteiger partial charge in [-0.3, -0.25) is 0 Å². The van der Waals surface area contributed by atoms with Crippen molar-refractivity contribution in [2.75, 3.05) is 19.8 Å². The van der Waals surface area contributed by atoms with E-state index < -0.39 is 0 Å². The van der Waals surface area contributed by atoms with E-state index in [-0.39, 0.29) is 13.8 Å². The maximum atomic E-state index is 6.04. The molecule has 19 heavy (non-hydrogen) atoms. The van der Waals surface area contributed by atoms with Gasteiger partial charge in [-0.2, -0.15) is 0 Å². The maximum Gasteiger partial charge on any atom is 0.139 e. The summed E-state index contributed by atoms with van der Waals surface area (Å²) in [6.45, 7) is 11.0. The minimum atomic E-state index is -0.355. The molecule has 0 saturated carbocycles. The van der Waals surface area contributed by atoms with Gasteiger partial charge in [0.25, 0.3) is 0 Å². The Bertz CT molecular complexity index is 410. The predicted octanol–water partition coefficient (Wildman–Crippen LogP) is 5.03. The summed E-state index contributed by atoms with van der Waals surface area (Å²) in [4.78, 5) is 0. The molecule has 0 unspecified atom stereocenters. The Morgan fingerprint density at radius 3 is 2.58 bits per heavy atom. The molecule has 2 nitrogen and oxygen atoms in total. The highest BCUT2D eigenvalue weighted by atomic mass is 79.9. The second kappa shape index (κ2) is 7.67. The average molecular weight is 365 g/mol. The van der Waals surface area contributed by atoms with Crippen molar-refractivity contribution in [2.45, 2.75) is 32.0 Å². The van der Waals surface area contributed by atoms with Gasteiger partial charge in [0.05, 0.1) is 20.4 Å². The zero-order valence-electron chi connectivity index (χ0n) is 11.9. The summed E-state index contributed by atoms with van der Waals surface area (Å²) in [6.07, 6.45) is 0. The van der Waals surface area contributed by atoms with Crippen LogP contribution in [0.1, 0.15) is 13.8 Å². The molecule has 1 rings (SSSR count). The number of benzene rings is 1. The van der Waals surface area contributed by atoms with E-state index in [0.717, 1.165) is 11.1 Å². The van der Waals surface area contributed by atoms with Gasteiger partial charge in [-0.1, -0.05) is 54.5 Å². The van der Waals surface area contributed by atoms with E-state index in [1.807, 2.05) is 18.2 Å². The third kappa shape index (κ3) is 5.86. The Morgan fingerprint density at radius 1 is 1.26 bits per heavy atom. The SMILES string of the molecule is C[Si](C)C(C)(C)COCCOc1cc(Br)ccc1Cl. The number of hydrogen-bond acceptors (Lipinski definition) is 2. The van der Waals surface area contributed by atoms with Crippen LogP contribution in [0, 0.1) is 0 Å². The first-order chi connectivity index (χ1) is 8.83. The lowest BCUT2D eigenvalue weighted by molar-refractivity contribution is 0.0848. The minimum Gasteiger partial charge on any atom is -0.490 e. The molecule has 0 bridgehead atoms. The summed E-state index contributed by atoms with van der Waals surface area (Å²) >= 11 is 9.44. The average Bonchev–Trinajstić information content (AvgIpc) is 2.32. The van der Waals surface area contributed by atoms with Gasteiger partial charge < -0.3 is 9.47 Å². The highest BCUT2D eigenvalue weighted by Gasteiger charge is 2.23. The Labute approximate surface area is 131 Å². The maximum absolute atomic E-state index is 6.04. The van der Waals surface area contributed by atoms with Crippen molar-refractivity contribution in [1.29, 1.82) is 0 Å². The van der Waals surface area contributed by atoms with Crippen molar-refractivity contribution in [3.63, 3.8) is 0 Å². The van der Waals surface area contributed by atoms with Crippen molar-refractivity contribution < 1.29 is 9.47 Å². The van der Waals surface area contributed by atoms with Crippen LogP contribution in [-0.2, 0) is 4.74 Å². The van der Waals surface area contributed by atoms with E-state index in [9.17, 15) is 0 Å². The lowest BCUT2D eigenvalue weighted by Gasteiger charge is -2.27. The van der Waals surface area contributed by atoms with Crippen LogP contribution < -0.4 is 4.74 Å². The molecule has 0 fully saturated rings. The Kier molecular flexibility index (Phi) is 6.87. The van der Waals surface area contributed by atoms with E-state index in [1.165, 1.54) is 0 Å². The van der Waals surface area contributed by atoms with Crippen LogP contribution in [0.3, 0.4) is 0 Å². The first kappa shape index (κ1) is 17.0. The van der Waals surface area contributed by atoms with Gasteiger partial charge in [-0.25, -0.2) is 0 Å². The highest BCUT2D eigenvalue weighted by Crippen LogP contribution is 2.29. The molecule has 107 valence electrons. The summed E-state index contributed by atoms with van der Waals surface area (Å²) in [5.74, 6) is 0.689. The van der Waals surface area contributed by atoms with Gasteiger partial charge in [0.2, 0.25) is 0 Å². The predicted molar refractivity (Wildman–Crippen MR) is 87.0 cm³/mol. The molecule has 0 atom stereocenters. The van der Waals surface area contributed by atoms with Crippen LogP contribution in [0.2, 0.25) is 23.2 Å². The molecular formula is C14H21BrClO2Si. The summed E-state index contributed by atoms with van der Waals surface area (Å²) in [5.41, 5.74) is 0. The monoisotopic (exact) mass is 363 g/mol. The van der Waals surface area contributed by atoms with Gasteiger partial charge in [0, 0.05) is 11.1 Å². The minimum absolute atomic E-state index is 0.290. The van der Waals surface area contributed by atoms with Gasteiger partial charge in [0.15, 0.2) is 0 Å². The second-order valence-corrected chi connectivity index (χ2v) is 10.0. The van der Waals surface area contributed by atoms with Crippen LogP contribution in [0.15, 0.2) is 22.7 Å². The molecule has 0 heterocycles. The van der Waals surface area contributed by atoms with E-state index in [4.69, 9.17) is 21.1 Å². The van der Waals surface area contributed by atoms with E-state index in [2.05, 4.69) is 42.9 Å². The number of halogens is 2. The molecule has 0 saturated heterocycles. The summed E-state index contributed by atoms with van der Waals surface area (Å²) in [5, 5.41) is 0.911. The molecule has 0 N–H and O–H groups in total. The quantitative estimate of drug-likeness (QED) is 0.499. The molecule has 0 aliphatic carbocycles. The molecule has 0 amide bonds. The molecule has 1 radical (unpaired) electrons. The van der Waals surface area contributed by atoms with Crippen LogP contribution in [0.5, 0.6) is 5.75 Å². The second-order valence-electron chi connectivity index (χ2n) is 5.36. The summed E-state index contributed by atoms with van der Waals surface area (Å²) in [6, 6.07) is 5.57. The number of ether oxygens (including phenoxy) is 2. The van der Waals surface area contributed by atoms with E-state index in [1.54, 1.807) is 0 Å². The molecule has 5 heteroatoms. The van der Waals surface area contributed by atoms with Gasteiger partial charge >= 0.3 is 0 Å². The van der Waals surface area contributed by atoms with Crippen molar-refractivity contribution in [3.05, 3.63) is 27.7 Å². The van der Waals surface area contributed by atoms with E-state index >= 15 is 0 Å². The smallest absolute Gasteiger partial charge is 0.139 e. The fourth-order valence-corrected chi connectivity index (χ4v) is 2.17. The van der Waals surface area contributed by atoms with Crippen LogP contribution >= 0.6 is 27.5 Å². The van der Waals surface area contributed by atoms with E-state index in [0.29, 0.717) is 24.0 Å². The van der Waals surface area contributed by atoms with Crippen LogP contribution in [-0.4, -0.2) is 28.6 Å². The molecular weight excluding hydrogens is 344 g/mol. The molecule has 1 aromatic carbocycles. The van der Waals surface area contributed by atoms with Gasteiger partial charge in [-0.15, -0.1) is 0 Å². The fraction of sp³-hybridized carbons (Fsp3) is 0.571. The van der Waals surface area contributed by atoms with Gasteiger partial charge in [-0.05, 0) is 23.2 Å². The first-order valence-electron chi connectivity index (χ1n) is 6.29. The van der Waals surface area contributed by atoms with Gasteiger partial charge in [0.1, 0.15) is 12.4 Å². The lowest BCUT2D eigenvalue weighted by atomic mass is 10.2. The molecule has 1 aromatic rings. The largest absolute Gasteiger partial charge is 0.490 e. The Balaban J connectivity index is 2.30. The highest BCUT2D eigenvalue weighted by molar-refractivity contribution is 9.10. The fourth-order valence-electron chi connectivity index (χ4n) is 1.27. The van der Waals surface area contributed by atoms with Crippen LogP contribution in [0.4, 0.5) is 0 Å². The molecule has 0 aliphatic rings. The number of hydrogen-bond donors (Lipinski definition) is 0. The molecule has 0 spiro atoms. The normalized spacial score (nSPS) is 11.9. The zero-order chi connectivity index (χ0) is 14.5. The zero-order valence-corrected chi connectivity index (χ0v) is 15.3. The van der Waals surface area contributed by atoms with Crippen molar-refractivity contribution in [1.82, 2.24) is 0 Å². The summed E-state index contributed by atoms with van der Waals surface area (Å²) in [7, 11) is -0.355. The van der Waals surface area contributed by atoms with Crippen molar-refractivity contribution >= 4 is 36.3 Å². The van der Waals surface area contributed by atoms with Crippen molar-refractivity contribution in [2.24, 2.45) is 0 Å². The Hall–Kier alpha value is -0.0331. The lowest BCUT2D eigenvalue weighted by Crippen LogP contribution is -2.27. The topological polar surface area (TPSA) is 18.5 Å².